The third kappa shape index (κ3) is 9.40. The van der Waals surface area contributed by atoms with Crippen LogP contribution in [0.4, 0.5) is 0 Å². The lowest BCUT2D eigenvalue weighted by Gasteiger charge is -2.21. The molecule has 1 saturated carbocycles. The summed E-state index contributed by atoms with van der Waals surface area (Å²) in [7, 11) is 1.63. The first kappa shape index (κ1) is 26.3. The smallest absolute Gasteiger partial charge is 0.223 e. The van der Waals surface area contributed by atoms with Crippen LogP contribution in [0.3, 0.4) is 0 Å². The molecule has 1 aromatic rings. The first-order valence-electron chi connectivity index (χ1n) is 10.7. The van der Waals surface area contributed by atoms with E-state index in [0.29, 0.717) is 31.1 Å². The molecule has 0 saturated heterocycles. The maximum absolute atomic E-state index is 12.2. The molecule has 0 spiro atoms. The molecule has 7 nitrogen and oxygen atoms in total. The molecule has 2 rings (SSSR count). The van der Waals surface area contributed by atoms with E-state index in [1.54, 1.807) is 7.11 Å². The van der Waals surface area contributed by atoms with Gasteiger partial charge in [-0.05, 0) is 38.8 Å². The Balaban J connectivity index is 0.00000450. The van der Waals surface area contributed by atoms with Crippen molar-refractivity contribution in [2.24, 2.45) is 10.9 Å². The predicted molar refractivity (Wildman–Crippen MR) is 132 cm³/mol. The fraction of sp³-hybridized carbons (Fsp3) is 0.636. The molecule has 1 unspecified atom stereocenters. The number of aliphatic imine (C=N–C) groups is 1. The van der Waals surface area contributed by atoms with Gasteiger partial charge in [-0.2, -0.15) is 0 Å². The highest BCUT2D eigenvalue weighted by Crippen LogP contribution is 2.26. The van der Waals surface area contributed by atoms with Crippen molar-refractivity contribution < 1.29 is 14.3 Å². The van der Waals surface area contributed by atoms with Crippen LogP contribution in [-0.2, 0) is 4.79 Å². The minimum absolute atomic E-state index is 0. The van der Waals surface area contributed by atoms with Gasteiger partial charge in [0.1, 0.15) is 6.10 Å². The summed E-state index contributed by atoms with van der Waals surface area (Å²) in [5.74, 6) is 2.52. The molecule has 0 heterocycles. The number of para-hydroxylation sites is 2. The van der Waals surface area contributed by atoms with Gasteiger partial charge in [-0.25, -0.2) is 4.99 Å². The van der Waals surface area contributed by atoms with Gasteiger partial charge in [-0.3, -0.25) is 4.79 Å². The fourth-order valence-corrected chi connectivity index (χ4v) is 3.41. The third-order valence-corrected chi connectivity index (χ3v) is 4.94. The Hall–Kier alpha value is -1.71. The van der Waals surface area contributed by atoms with Crippen molar-refractivity contribution in [3.8, 4) is 11.5 Å². The molecule has 1 amide bonds. The molecule has 1 aliphatic carbocycles. The second-order valence-corrected chi connectivity index (χ2v) is 7.35. The molecule has 0 aromatic heterocycles. The number of carbonyl (C=O) groups excluding carboxylic acids is 1. The maximum Gasteiger partial charge on any atom is 0.223 e. The zero-order valence-corrected chi connectivity index (χ0v) is 20.7. The van der Waals surface area contributed by atoms with Gasteiger partial charge in [0.2, 0.25) is 5.91 Å². The van der Waals surface area contributed by atoms with Gasteiger partial charge in [0.15, 0.2) is 17.5 Å². The van der Waals surface area contributed by atoms with Gasteiger partial charge in [-0.1, -0.05) is 31.4 Å². The van der Waals surface area contributed by atoms with Crippen molar-refractivity contribution in [2.45, 2.75) is 52.1 Å². The molecule has 0 aliphatic heterocycles. The van der Waals surface area contributed by atoms with Crippen LogP contribution in [0.2, 0.25) is 0 Å². The van der Waals surface area contributed by atoms with E-state index in [4.69, 9.17) is 9.47 Å². The Kier molecular flexibility index (Phi) is 13.3. The normalized spacial score (nSPS) is 15.5. The van der Waals surface area contributed by atoms with Crippen LogP contribution >= 0.6 is 24.0 Å². The Labute approximate surface area is 197 Å². The second-order valence-electron chi connectivity index (χ2n) is 7.35. The minimum atomic E-state index is -0.104. The highest BCUT2D eigenvalue weighted by Gasteiger charge is 2.20. The lowest BCUT2D eigenvalue weighted by atomic mass is 9.89. The summed E-state index contributed by atoms with van der Waals surface area (Å²) in [5.41, 5.74) is 0. The summed E-state index contributed by atoms with van der Waals surface area (Å²) >= 11 is 0. The molecular formula is C22H37IN4O3. The monoisotopic (exact) mass is 532 g/mol. The zero-order chi connectivity index (χ0) is 20.9. The van der Waals surface area contributed by atoms with Crippen molar-refractivity contribution >= 4 is 35.8 Å². The molecule has 1 aromatic carbocycles. The number of nitrogens with one attached hydrogen (secondary N) is 3. The molecule has 30 heavy (non-hydrogen) atoms. The number of methoxy groups -OCH3 is 1. The number of guanidine groups is 1. The number of halogens is 1. The number of amides is 1. The molecule has 0 bridgehead atoms. The van der Waals surface area contributed by atoms with Crippen LogP contribution in [0.15, 0.2) is 29.3 Å². The molecule has 3 N–H and O–H groups in total. The van der Waals surface area contributed by atoms with E-state index in [0.717, 1.165) is 25.3 Å². The number of hydrogen-bond donors (Lipinski definition) is 3. The van der Waals surface area contributed by atoms with Gasteiger partial charge in [0.05, 0.1) is 13.7 Å². The largest absolute Gasteiger partial charge is 0.493 e. The Morgan fingerprint density at radius 2 is 1.77 bits per heavy atom. The maximum atomic E-state index is 12.2. The molecular weight excluding hydrogens is 495 g/mol. The highest BCUT2D eigenvalue weighted by atomic mass is 127. The summed E-state index contributed by atoms with van der Waals surface area (Å²) in [5, 5.41) is 9.52. The van der Waals surface area contributed by atoms with Crippen LogP contribution in [0, 0.1) is 5.92 Å². The van der Waals surface area contributed by atoms with Crippen molar-refractivity contribution in [3.05, 3.63) is 24.3 Å². The lowest BCUT2D eigenvalue weighted by molar-refractivity contribution is -0.125. The van der Waals surface area contributed by atoms with Crippen LogP contribution in [0.5, 0.6) is 11.5 Å². The summed E-state index contributed by atoms with van der Waals surface area (Å²) in [6, 6.07) is 7.59. The minimum Gasteiger partial charge on any atom is -0.493 e. The van der Waals surface area contributed by atoms with Gasteiger partial charge in [-0.15, -0.1) is 24.0 Å². The van der Waals surface area contributed by atoms with E-state index in [-0.39, 0.29) is 41.9 Å². The van der Waals surface area contributed by atoms with E-state index in [2.05, 4.69) is 20.9 Å². The number of hydrogen-bond acceptors (Lipinski definition) is 4. The number of rotatable bonds is 10. The first-order chi connectivity index (χ1) is 14.1. The summed E-state index contributed by atoms with van der Waals surface area (Å²) in [6.45, 7) is 6.49. The molecule has 1 aliphatic rings. The van der Waals surface area contributed by atoms with E-state index >= 15 is 0 Å². The Bertz CT molecular complexity index is 651. The zero-order valence-electron chi connectivity index (χ0n) is 18.4. The van der Waals surface area contributed by atoms with Gasteiger partial charge >= 0.3 is 0 Å². The Morgan fingerprint density at radius 1 is 1.10 bits per heavy atom. The van der Waals surface area contributed by atoms with Crippen LogP contribution < -0.4 is 25.4 Å². The number of carbonyl (C=O) groups is 1. The van der Waals surface area contributed by atoms with E-state index < -0.39 is 0 Å². The second kappa shape index (κ2) is 15.1. The molecule has 1 fully saturated rings. The average Bonchev–Trinajstić information content (AvgIpc) is 2.75. The fourth-order valence-electron chi connectivity index (χ4n) is 3.41. The standard InChI is InChI=1S/C22H36N4O3.HI/c1-4-23-22(25-15-14-24-21(27)18-10-6-5-7-11-18)26-16-17(2)29-20-13-9-8-12-19(20)28-3;/h8-9,12-13,17-18H,4-7,10-11,14-16H2,1-3H3,(H,24,27)(H2,23,25,26);1H. The molecule has 1 atom stereocenters. The average molecular weight is 532 g/mol. The first-order valence-corrected chi connectivity index (χ1v) is 10.7. The van der Waals surface area contributed by atoms with Crippen molar-refractivity contribution in [1.29, 1.82) is 0 Å². The summed E-state index contributed by atoms with van der Waals surface area (Å²) in [6.07, 6.45) is 5.53. The lowest BCUT2D eigenvalue weighted by Crippen LogP contribution is -2.43. The van der Waals surface area contributed by atoms with E-state index in [9.17, 15) is 4.79 Å². The number of benzene rings is 1. The Morgan fingerprint density at radius 3 is 2.43 bits per heavy atom. The van der Waals surface area contributed by atoms with Gasteiger partial charge in [0.25, 0.3) is 0 Å². The van der Waals surface area contributed by atoms with E-state index in [1.807, 2.05) is 38.1 Å². The topological polar surface area (TPSA) is 84.0 Å². The van der Waals surface area contributed by atoms with Crippen molar-refractivity contribution in [2.75, 3.05) is 33.3 Å². The van der Waals surface area contributed by atoms with Crippen LogP contribution in [0.1, 0.15) is 46.0 Å². The molecule has 0 radical (unpaired) electrons. The van der Waals surface area contributed by atoms with Crippen LogP contribution in [0.25, 0.3) is 0 Å². The molecule has 170 valence electrons. The van der Waals surface area contributed by atoms with Crippen molar-refractivity contribution in [3.63, 3.8) is 0 Å². The van der Waals surface area contributed by atoms with Gasteiger partial charge < -0.3 is 25.4 Å². The number of ether oxygens (including phenoxy) is 2. The summed E-state index contributed by atoms with van der Waals surface area (Å²) < 4.78 is 11.3. The summed E-state index contributed by atoms with van der Waals surface area (Å²) in [4.78, 5) is 16.8. The number of nitrogens with zero attached hydrogens (tertiary/aromatic N) is 1. The SMILES string of the molecule is CCNC(=NCC(C)Oc1ccccc1OC)NCCNC(=O)C1CCCCC1.I. The third-order valence-electron chi connectivity index (χ3n) is 4.94. The predicted octanol–water partition coefficient (Wildman–Crippen LogP) is 3.33. The molecule has 8 heteroatoms. The van der Waals surface area contributed by atoms with E-state index in [1.165, 1.54) is 19.3 Å². The highest BCUT2D eigenvalue weighted by molar-refractivity contribution is 14.0. The van der Waals surface area contributed by atoms with Gasteiger partial charge in [0, 0.05) is 25.6 Å². The van der Waals surface area contributed by atoms with Crippen molar-refractivity contribution in [1.82, 2.24) is 16.0 Å². The quantitative estimate of drug-likeness (QED) is 0.186. The van der Waals surface area contributed by atoms with Crippen LogP contribution in [-0.4, -0.2) is 51.3 Å².